The van der Waals surface area contributed by atoms with Crippen LogP contribution in [0.5, 0.6) is 0 Å². The lowest BCUT2D eigenvalue weighted by atomic mass is 10.2. The molecule has 0 aliphatic carbocycles. The molecule has 2 amide bonds. The minimum absolute atomic E-state index is 0.220. The van der Waals surface area contributed by atoms with Crippen LogP contribution in [0, 0.1) is 0 Å². The first-order chi connectivity index (χ1) is 9.99. The number of pyridine rings is 1. The van der Waals surface area contributed by atoms with Crippen molar-refractivity contribution in [2.24, 2.45) is 0 Å². The Labute approximate surface area is 129 Å². The van der Waals surface area contributed by atoms with E-state index in [9.17, 15) is 9.59 Å². The van der Waals surface area contributed by atoms with E-state index in [1.807, 2.05) is 13.8 Å². The van der Waals surface area contributed by atoms with Gasteiger partial charge in [0.25, 0.3) is 5.91 Å². The van der Waals surface area contributed by atoms with E-state index in [-0.39, 0.29) is 16.5 Å². The largest absolute Gasteiger partial charge is 0.370 e. The number of halogens is 1. The molecule has 1 aromatic rings. The van der Waals surface area contributed by atoms with Crippen LogP contribution in [0.2, 0.25) is 5.02 Å². The number of hydrogen-bond donors (Lipinski definition) is 3. The molecular formula is C14H21ClN4O2. The highest BCUT2D eigenvalue weighted by atomic mass is 35.5. The van der Waals surface area contributed by atoms with Crippen LogP contribution in [-0.4, -0.2) is 35.9 Å². The fraction of sp³-hybridized carbons (Fsp3) is 0.500. The van der Waals surface area contributed by atoms with Gasteiger partial charge in [-0.25, -0.2) is 4.98 Å². The molecule has 0 spiro atoms. The number of carbonyl (C=O) groups excluding carboxylic acids is 2. The van der Waals surface area contributed by atoms with Gasteiger partial charge in [0.1, 0.15) is 11.9 Å². The first kappa shape index (κ1) is 17.2. The zero-order chi connectivity index (χ0) is 15.8. The van der Waals surface area contributed by atoms with Gasteiger partial charge < -0.3 is 16.0 Å². The molecule has 0 saturated heterocycles. The second kappa shape index (κ2) is 8.46. The number of carbonyl (C=O) groups is 2. The van der Waals surface area contributed by atoms with Crippen LogP contribution in [0.1, 0.15) is 37.6 Å². The molecule has 0 radical (unpaired) electrons. The molecule has 1 rings (SSSR count). The summed E-state index contributed by atoms with van der Waals surface area (Å²) in [4.78, 5) is 28.0. The van der Waals surface area contributed by atoms with Crippen molar-refractivity contribution in [3.63, 3.8) is 0 Å². The van der Waals surface area contributed by atoms with Crippen LogP contribution in [-0.2, 0) is 4.79 Å². The van der Waals surface area contributed by atoms with E-state index in [0.717, 1.165) is 6.42 Å². The number of amides is 2. The minimum Gasteiger partial charge on any atom is -0.370 e. The van der Waals surface area contributed by atoms with E-state index in [4.69, 9.17) is 11.6 Å². The molecule has 1 atom stereocenters. The van der Waals surface area contributed by atoms with Crippen LogP contribution < -0.4 is 16.0 Å². The zero-order valence-electron chi connectivity index (χ0n) is 12.5. The highest BCUT2D eigenvalue weighted by Gasteiger charge is 2.18. The molecule has 7 heteroatoms. The van der Waals surface area contributed by atoms with Gasteiger partial charge in [-0.2, -0.15) is 0 Å². The van der Waals surface area contributed by atoms with Crippen molar-refractivity contribution in [2.45, 2.75) is 33.2 Å². The number of aromatic nitrogens is 1. The summed E-state index contributed by atoms with van der Waals surface area (Å²) >= 11 is 5.99. The summed E-state index contributed by atoms with van der Waals surface area (Å²) in [5.74, 6) is -0.0573. The molecule has 1 aromatic heterocycles. The molecule has 116 valence electrons. The van der Waals surface area contributed by atoms with Crippen LogP contribution in [0.4, 0.5) is 5.82 Å². The molecular weight excluding hydrogens is 292 g/mol. The summed E-state index contributed by atoms with van der Waals surface area (Å²) in [5, 5.41) is 8.60. The van der Waals surface area contributed by atoms with Gasteiger partial charge in [-0.15, -0.1) is 0 Å². The zero-order valence-corrected chi connectivity index (χ0v) is 13.3. The van der Waals surface area contributed by atoms with E-state index >= 15 is 0 Å². The van der Waals surface area contributed by atoms with Crippen LogP contribution in [0.15, 0.2) is 12.3 Å². The smallest absolute Gasteiger partial charge is 0.253 e. The average molecular weight is 313 g/mol. The predicted octanol–water partition coefficient (Wildman–Crippen LogP) is 1.81. The maximum absolute atomic E-state index is 12.2. The summed E-state index contributed by atoms with van der Waals surface area (Å²) in [7, 11) is 0. The van der Waals surface area contributed by atoms with Gasteiger partial charge in [0, 0.05) is 19.3 Å². The molecule has 0 aliphatic heterocycles. The molecule has 0 saturated carbocycles. The van der Waals surface area contributed by atoms with Gasteiger partial charge in [0.05, 0.1) is 10.6 Å². The number of nitrogens with one attached hydrogen (secondary N) is 3. The van der Waals surface area contributed by atoms with Gasteiger partial charge in [0.15, 0.2) is 0 Å². The average Bonchev–Trinajstić information content (AvgIpc) is 2.46. The van der Waals surface area contributed by atoms with Crippen LogP contribution in [0.25, 0.3) is 0 Å². The third-order valence-electron chi connectivity index (χ3n) is 2.75. The fourth-order valence-electron chi connectivity index (χ4n) is 1.63. The van der Waals surface area contributed by atoms with Crippen molar-refractivity contribution in [3.8, 4) is 0 Å². The third-order valence-corrected chi connectivity index (χ3v) is 3.05. The Morgan fingerprint density at radius 3 is 2.71 bits per heavy atom. The molecule has 1 heterocycles. The van der Waals surface area contributed by atoms with Gasteiger partial charge in [0.2, 0.25) is 5.91 Å². The molecule has 0 aliphatic rings. The second-order valence-corrected chi connectivity index (χ2v) is 4.97. The van der Waals surface area contributed by atoms with Gasteiger partial charge in [-0.05, 0) is 26.3 Å². The fourth-order valence-corrected chi connectivity index (χ4v) is 1.82. The standard InChI is InChI=1S/C14H21ClN4O2/c1-4-6-17-13(20)9(3)19-14(21)10-7-12(16-5-2)18-8-11(10)15/h7-9H,4-6H2,1-3H3,(H,16,18)(H,17,20)(H,19,21). The number of anilines is 1. The maximum Gasteiger partial charge on any atom is 0.253 e. The summed E-state index contributed by atoms with van der Waals surface area (Å²) in [5.41, 5.74) is 0.290. The highest BCUT2D eigenvalue weighted by Crippen LogP contribution is 2.18. The lowest BCUT2D eigenvalue weighted by Gasteiger charge is -2.14. The van der Waals surface area contributed by atoms with Crippen molar-refractivity contribution in [1.82, 2.24) is 15.6 Å². The number of nitrogens with zero attached hydrogens (tertiary/aromatic N) is 1. The van der Waals surface area contributed by atoms with Gasteiger partial charge in [-0.3, -0.25) is 9.59 Å². The van der Waals surface area contributed by atoms with Gasteiger partial charge in [-0.1, -0.05) is 18.5 Å². The van der Waals surface area contributed by atoms with E-state index in [0.29, 0.717) is 18.9 Å². The normalized spacial score (nSPS) is 11.6. The van der Waals surface area contributed by atoms with Crippen LogP contribution >= 0.6 is 11.6 Å². The van der Waals surface area contributed by atoms with Crippen molar-refractivity contribution in [3.05, 3.63) is 22.8 Å². The SMILES string of the molecule is CCCNC(=O)C(C)NC(=O)c1cc(NCC)ncc1Cl. The second-order valence-electron chi connectivity index (χ2n) is 4.57. The Morgan fingerprint density at radius 1 is 1.38 bits per heavy atom. The Kier molecular flexibility index (Phi) is 6.94. The van der Waals surface area contributed by atoms with Crippen molar-refractivity contribution in [2.75, 3.05) is 18.4 Å². The molecule has 0 bridgehead atoms. The van der Waals surface area contributed by atoms with E-state index in [1.165, 1.54) is 6.20 Å². The van der Waals surface area contributed by atoms with E-state index < -0.39 is 11.9 Å². The first-order valence-corrected chi connectivity index (χ1v) is 7.35. The molecule has 0 fully saturated rings. The maximum atomic E-state index is 12.2. The van der Waals surface area contributed by atoms with Crippen molar-refractivity contribution >= 4 is 29.2 Å². The molecule has 1 unspecified atom stereocenters. The quantitative estimate of drug-likeness (QED) is 0.717. The minimum atomic E-state index is -0.629. The lowest BCUT2D eigenvalue weighted by molar-refractivity contribution is -0.122. The number of rotatable bonds is 7. The summed E-state index contributed by atoms with van der Waals surface area (Å²) in [6.07, 6.45) is 2.25. The monoisotopic (exact) mass is 312 g/mol. The Morgan fingerprint density at radius 2 is 2.10 bits per heavy atom. The van der Waals surface area contributed by atoms with Gasteiger partial charge >= 0.3 is 0 Å². The first-order valence-electron chi connectivity index (χ1n) is 6.97. The van der Waals surface area contributed by atoms with Crippen molar-refractivity contribution < 1.29 is 9.59 Å². The Hall–Kier alpha value is -1.82. The Balaban J connectivity index is 2.74. The molecule has 0 aromatic carbocycles. The highest BCUT2D eigenvalue weighted by molar-refractivity contribution is 6.33. The van der Waals surface area contributed by atoms with E-state index in [1.54, 1.807) is 13.0 Å². The Bertz CT molecular complexity index is 508. The van der Waals surface area contributed by atoms with Crippen molar-refractivity contribution in [1.29, 1.82) is 0 Å². The van der Waals surface area contributed by atoms with E-state index in [2.05, 4.69) is 20.9 Å². The predicted molar refractivity (Wildman–Crippen MR) is 83.6 cm³/mol. The molecule has 3 N–H and O–H groups in total. The summed E-state index contributed by atoms with van der Waals surface area (Å²) < 4.78 is 0. The van der Waals surface area contributed by atoms with Crippen LogP contribution in [0.3, 0.4) is 0 Å². The third kappa shape index (κ3) is 5.23. The summed E-state index contributed by atoms with van der Waals surface area (Å²) in [6, 6.07) is 0.938. The summed E-state index contributed by atoms with van der Waals surface area (Å²) in [6.45, 7) is 6.78. The topological polar surface area (TPSA) is 83.1 Å². The number of hydrogen-bond acceptors (Lipinski definition) is 4. The lowest BCUT2D eigenvalue weighted by Crippen LogP contribution is -2.45. The molecule has 6 nitrogen and oxygen atoms in total. The molecule has 21 heavy (non-hydrogen) atoms.